The number of hydrogen-bond donors (Lipinski definition) is 1. The SMILES string of the molecule is CC(c1ccc(C(C)(C)C)cc1)N(C)CC(=O)N1CCC(O)CC1. The van der Waals surface area contributed by atoms with Gasteiger partial charge in [0.15, 0.2) is 0 Å². The van der Waals surface area contributed by atoms with Crippen molar-refractivity contribution in [2.24, 2.45) is 0 Å². The molecular weight excluding hydrogens is 300 g/mol. The van der Waals surface area contributed by atoms with Crippen LogP contribution in [-0.2, 0) is 10.2 Å². The van der Waals surface area contributed by atoms with Crippen LogP contribution in [0.25, 0.3) is 0 Å². The maximum absolute atomic E-state index is 12.4. The van der Waals surface area contributed by atoms with E-state index in [9.17, 15) is 9.90 Å². The third-order valence-corrected chi connectivity index (χ3v) is 5.12. The first-order valence-corrected chi connectivity index (χ1v) is 8.95. The van der Waals surface area contributed by atoms with Crippen LogP contribution < -0.4 is 0 Å². The third kappa shape index (κ3) is 4.81. The van der Waals surface area contributed by atoms with E-state index < -0.39 is 0 Å². The number of carbonyl (C=O) groups excluding carboxylic acids is 1. The molecule has 1 atom stereocenters. The molecule has 0 radical (unpaired) electrons. The number of likely N-dealkylation sites (tertiary alicyclic amines) is 1. The summed E-state index contributed by atoms with van der Waals surface area (Å²) < 4.78 is 0. The van der Waals surface area contributed by atoms with E-state index in [4.69, 9.17) is 0 Å². The van der Waals surface area contributed by atoms with Gasteiger partial charge in [0.2, 0.25) is 5.91 Å². The van der Waals surface area contributed by atoms with E-state index in [1.807, 2.05) is 11.9 Å². The van der Waals surface area contributed by atoms with Gasteiger partial charge >= 0.3 is 0 Å². The van der Waals surface area contributed by atoms with Gasteiger partial charge in [0.25, 0.3) is 0 Å². The van der Waals surface area contributed by atoms with Gasteiger partial charge in [0, 0.05) is 19.1 Å². The van der Waals surface area contributed by atoms with Crippen molar-refractivity contribution < 1.29 is 9.90 Å². The van der Waals surface area contributed by atoms with Crippen LogP contribution in [0.4, 0.5) is 0 Å². The Morgan fingerprint density at radius 2 is 1.79 bits per heavy atom. The van der Waals surface area contributed by atoms with E-state index in [0.717, 1.165) is 0 Å². The number of piperidine rings is 1. The van der Waals surface area contributed by atoms with Gasteiger partial charge in [-0.1, -0.05) is 45.0 Å². The number of nitrogens with zero attached hydrogens (tertiary/aromatic N) is 2. The monoisotopic (exact) mass is 332 g/mol. The first-order valence-electron chi connectivity index (χ1n) is 8.95. The molecule has 1 amide bonds. The summed E-state index contributed by atoms with van der Waals surface area (Å²) in [4.78, 5) is 16.4. The Hall–Kier alpha value is -1.39. The Bertz CT molecular complexity index is 540. The molecule has 1 aromatic carbocycles. The fraction of sp³-hybridized carbons (Fsp3) is 0.650. The Morgan fingerprint density at radius 3 is 2.29 bits per heavy atom. The van der Waals surface area contributed by atoms with Crippen molar-refractivity contribution >= 4 is 5.91 Å². The lowest BCUT2D eigenvalue weighted by atomic mass is 9.86. The van der Waals surface area contributed by atoms with E-state index in [-0.39, 0.29) is 23.5 Å². The lowest BCUT2D eigenvalue weighted by Crippen LogP contribution is -2.44. The summed E-state index contributed by atoms with van der Waals surface area (Å²) in [6, 6.07) is 8.91. The molecule has 4 heteroatoms. The van der Waals surface area contributed by atoms with Crippen LogP contribution in [0.15, 0.2) is 24.3 Å². The quantitative estimate of drug-likeness (QED) is 0.922. The van der Waals surface area contributed by atoms with Crippen LogP contribution >= 0.6 is 0 Å². The Kier molecular flexibility index (Phi) is 6.05. The summed E-state index contributed by atoms with van der Waals surface area (Å²) in [7, 11) is 2.00. The van der Waals surface area contributed by atoms with Crippen LogP contribution in [0.5, 0.6) is 0 Å². The maximum atomic E-state index is 12.4. The highest BCUT2D eigenvalue weighted by Gasteiger charge is 2.23. The second-order valence-corrected chi connectivity index (χ2v) is 8.08. The first kappa shape index (κ1) is 18.9. The van der Waals surface area contributed by atoms with Crippen molar-refractivity contribution in [1.29, 1.82) is 0 Å². The standard InChI is InChI=1S/C20H32N2O2/c1-15(16-6-8-17(9-7-16)20(2,3)4)21(5)14-19(24)22-12-10-18(23)11-13-22/h6-9,15,18,23H,10-14H2,1-5H3. The summed E-state index contributed by atoms with van der Waals surface area (Å²) in [5.41, 5.74) is 2.71. The van der Waals surface area contributed by atoms with Gasteiger partial charge in [0.1, 0.15) is 0 Å². The summed E-state index contributed by atoms with van der Waals surface area (Å²) in [6.07, 6.45) is 1.14. The molecule has 1 aliphatic rings. The highest BCUT2D eigenvalue weighted by molar-refractivity contribution is 5.78. The number of benzene rings is 1. The summed E-state index contributed by atoms with van der Waals surface area (Å²) in [5.74, 6) is 0.155. The van der Waals surface area contributed by atoms with Crippen molar-refractivity contribution in [2.75, 3.05) is 26.7 Å². The second kappa shape index (κ2) is 7.66. The number of carbonyl (C=O) groups is 1. The largest absolute Gasteiger partial charge is 0.393 e. The maximum Gasteiger partial charge on any atom is 0.236 e. The molecule has 134 valence electrons. The number of rotatable bonds is 4. The highest BCUT2D eigenvalue weighted by atomic mass is 16.3. The molecule has 1 fully saturated rings. The fourth-order valence-corrected chi connectivity index (χ4v) is 3.08. The predicted octanol–water partition coefficient (Wildman–Crippen LogP) is 2.96. The molecule has 1 N–H and O–H groups in total. The van der Waals surface area contributed by atoms with Crippen molar-refractivity contribution in [2.45, 2.75) is 58.1 Å². The van der Waals surface area contributed by atoms with Crippen LogP contribution in [0.3, 0.4) is 0 Å². The molecule has 1 aromatic rings. The number of likely N-dealkylation sites (N-methyl/N-ethyl adjacent to an activating group) is 1. The molecule has 0 saturated carbocycles. The highest BCUT2D eigenvalue weighted by Crippen LogP contribution is 2.25. The molecule has 0 bridgehead atoms. The molecule has 1 heterocycles. The molecule has 1 unspecified atom stereocenters. The number of hydrogen-bond acceptors (Lipinski definition) is 3. The molecular formula is C20H32N2O2. The molecule has 0 spiro atoms. The van der Waals surface area contributed by atoms with Gasteiger partial charge in [-0.05, 0) is 43.4 Å². The average molecular weight is 332 g/mol. The zero-order valence-electron chi connectivity index (χ0n) is 15.7. The minimum Gasteiger partial charge on any atom is -0.393 e. The summed E-state index contributed by atoms with van der Waals surface area (Å²) >= 11 is 0. The van der Waals surface area contributed by atoms with E-state index >= 15 is 0 Å². The Labute approximate surface area is 146 Å². The lowest BCUT2D eigenvalue weighted by Gasteiger charge is -2.32. The van der Waals surface area contributed by atoms with Gasteiger partial charge in [-0.3, -0.25) is 9.69 Å². The second-order valence-electron chi connectivity index (χ2n) is 8.08. The zero-order valence-corrected chi connectivity index (χ0v) is 15.7. The summed E-state index contributed by atoms with van der Waals surface area (Å²) in [6.45, 7) is 10.5. The van der Waals surface area contributed by atoms with Gasteiger partial charge < -0.3 is 10.0 Å². The molecule has 1 aliphatic heterocycles. The van der Waals surface area contributed by atoms with Crippen LogP contribution in [0.2, 0.25) is 0 Å². The average Bonchev–Trinajstić information content (AvgIpc) is 2.54. The summed E-state index contributed by atoms with van der Waals surface area (Å²) in [5, 5.41) is 9.56. The minimum absolute atomic E-state index is 0.155. The Morgan fingerprint density at radius 1 is 1.25 bits per heavy atom. The lowest BCUT2D eigenvalue weighted by molar-refractivity contribution is -0.134. The smallest absolute Gasteiger partial charge is 0.236 e. The normalized spacial score (nSPS) is 18.0. The first-order chi connectivity index (χ1) is 11.2. The molecule has 24 heavy (non-hydrogen) atoms. The van der Waals surface area contributed by atoms with E-state index in [1.54, 1.807) is 0 Å². The van der Waals surface area contributed by atoms with E-state index in [1.165, 1.54) is 11.1 Å². The Balaban J connectivity index is 1.94. The van der Waals surface area contributed by atoms with Gasteiger partial charge in [0.05, 0.1) is 12.6 Å². The molecule has 0 aromatic heterocycles. The molecule has 1 saturated heterocycles. The van der Waals surface area contributed by atoms with Gasteiger partial charge in [-0.25, -0.2) is 0 Å². The number of aliphatic hydroxyl groups is 1. The topological polar surface area (TPSA) is 43.8 Å². The van der Waals surface area contributed by atoms with Crippen molar-refractivity contribution in [3.8, 4) is 0 Å². The predicted molar refractivity (Wildman–Crippen MR) is 98.0 cm³/mol. The van der Waals surface area contributed by atoms with Crippen molar-refractivity contribution in [1.82, 2.24) is 9.80 Å². The van der Waals surface area contributed by atoms with Crippen molar-refractivity contribution in [3.63, 3.8) is 0 Å². The number of aliphatic hydroxyl groups excluding tert-OH is 1. The van der Waals surface area contributed by atoms with Gasteiger partial charge in [-0.15, -0.1) is 0 Å². The van der Waals surface area contributed by atoms with Crippen molar-refractivity contribution in [3.05, 3.63) is 35.4 Å². The molecule has 0 aliphatic carbocycles. The van der Waals surface area contributed by atoms with E-state index in [2.05, 4.69) is 56.9 Å². The van der Waals surface area contributed by atoms with Crippen LogP contribution in [0.1, 0.15) is 57.7 Å². The van der Waals surface area contributed by atoms with E-state index in [0.29, 0.717) is 32.5 Å². The van der Waals surface area contributed by atoms with Gasteiger partial charge in [-0.2, -0.15) is 0 Å². The zero-order chi connectivity index (χ0) is 17.9. The third-order valence-electron chi connectivity index (χ3n) is 5.12. The number of amides is 1. The molecule has 2 rings (SSSR count). The van der Waals surface area contributed by atoms with Crippen LogP contribution in [-0.4, -0.2) is 53.6 Å². The fourth-order valence-electron chi connectivity index (χ4n) is 3.08. The van der Waals surface area contributed by atoms with Crippen LogP contribution in [0, 0.1) is 0 Å². The minimum atomic E-state index is -0.243. The molecule has 4 nitrogen and oxygen atoms in total.